The van der Waals surface area contributed by atoms with Crippen LogP contribution in [0.2, 0.25) is 5.02 Å². The van der Waals surface area contributed by atoms with Crippen LogP contribution in [0.4, 0.5) is 0 Å². The van der Waals surface area contributed by atoms with E-state index in [1.807, 2.05) is 18.2 Å². The molecule has 2 nitrogen and oxygen atoms in total. The van der Waals surface area contributed by atoms with Gasteiger partial charge in [-0.1, -0.05) is 11.6 Å². The molecule has 82 valence electrons. The van der Waals surface area contributed by atoms with E-state index >= 15 is 0 Å². The molecule has 1 aromatic carbocycles. The van der Waals surface area contributed by atoms with E-state index in [0.29, 0.717) is 11.0 Å². The monoisotopic (exact) mass is 250 g/mol. The Morgan fingerprint density at radius 1 is 1.44 bits per heavy atom. The minimum absolute atomic E-state index is 0.373. The topological polar surface area (TPSA) is 24.9 Å². The molecule has 2 aliphatic carbocycles. The van der Waals surface area contributed by atoms with Gasteiger partial charge in [-0.2, -0.15) is 0 Å². The summed E-state index contributed by atoms with van der Waals surface area (Å²) < 4.78 is 1.21. The molecule has 0 bridgehead atoms. The number of thiazole rings is 1. The van der Waals surface area contributed by atoms with Crippen LogP contribution in [0.1, 0.15) is 17.8 Å². The number of likely N-dealkylation sites (N-methyl/N-ethyl adjacent to an activating group) is 1. The van der Waals surface area contributed by atoms with Crippen molar-refractivity contribution in [3.8, 4) is 0 Å². The summed E-state index contributed by atoms with van der Waals surface area (Å²) in [5.74, 6) is 0. The molecule has 0 saturated heterocycles. The fourth-order valence-electron chi connectivity index (χ4n) is 2.77. The molecule has 2 fully saturated rings. The zero-order valence-electron chi connectivity index (χ0n) is 8.88. The highest BCUT2D eigenvalue weighted by Crippen LogP contribution is 2.79. The number of hydrogen-bond donors (Lipinski definition) is 1. The molecule has 0 atom stereocenters. The number of halogens is 1. The van der Waals surface area contributed by atoms with Gasteiger partial charge in [-0.25, -0.2) is 4.98 Å². The Labute approximate surface area is 103 Å². The number of nitrogens with one attached hydrogen (secondary N) is 1. The highest BCUT2D eigenvalue weighted by molar-refractivity contribution is 7.18. The number of hydrogen-bond acceptors (Lipinski definition) is 3. The molecule has 2 saturated carbocycles. The fraction of sp³-hybridized carbons (Fsp3) is 0.417. The Kier molecular flexibility index (Phi) is 1.53. The molecule has 2 aliphatic rings. The van der Waals surface area contributed by atoms with Gasteiger partial charge >= 0.3 is 0 Å². The van der Waals surface area contributed by atoms with E-state index < -0.39 is 0 Å². The first-order chi connectivity index (χ1) is 7.69. The average Bonchev–Trinajstić information content (AvgIpc) is 3.01. The quantitative estimate of drug-likeness (QED) is 0.887. The Morgan fingerprint density at radius 2 is 2.25 bits per heavy atom. The van der Waals surface area contributed by atoms with Crippen LogP contribution in [-0.4, -0.2) is 17.6 Å². The molecular formula is C12H11ClN2S. The predicted octanol–water partition coefficient (Wildman–Crippen LogP) is 2.95. The van der Waals surface area contributed by atoms with Gasteiger partial charge in [-0.15, -0.1) is 11.3 Å². The third-order valence-electron chi connectivity index (χ3n) is 4.11. The maximum Gasteiger partial charge on any atom is 0.102 e. The first-order valence-corrected chi connectivity index (χ1v) is 6.64. The van der Waals surface area contributed by atoms with Crippen molar-refractivity contribution in [1.82, 2.24) is 10.3 Å². The van der Waals surface area contributed by atoms with Crippen LogP contribution in [0.5, 0.6) is 0 Å². The third kappa shape index (κ3) is 0.950. The number of benzene rings is 1. The molecule has 4 heteroatoms. The summed E-state index contributed by atoms with van der Waals surface area (Å²) in [6, 6.07) is 5.94. The molecule has 1 heterocycles. The average molecular weight is 251 g/mol. The van der Waals surface area contributed by atoms with Crippen molar-refractivity contribution in [2.24, 2.45) is 0 Å². The number of fused-ring (bicyclic) bond motifs is 2. The standard InChI is InChI=1S/C12H11ClN2S/c1-14-12-5-11(12,6-12)10-15-8-3-2-7(13)4-9(8)16-10/h2-4,14H,5-6H2,1H3. The molecule has 16 heavy (non-hydrogen) atoms. The van der Waals surface area contributed by atoms with Gasteiger partial charge in [0.2, 0.25) is 0 Å². The highest BCUT2D eigenvalue weighted by atomic mass is 35.5. The second-order valence-electron chi connectivity index (χ2n) is 4.90. The molecule has 4 rings (SSSR count). The number of aromatic nitrogens is 1. The van der Waals surface area contributed by atoms with Gasteiger partial charge in [0.15, 0.2) is 0 Å². The van der Waals surface area contributed by atoms with E-state index in [9.17, 15) is 0 Å². The Balaban J connectivity index is 1.84. The third-order valence-corrected chi connectivity index (χ3v) is 5.57. The number of rotatable bonds is 2. The van der Waals surface area contributed by atoms with Crippen LogP contribution in [0, 0.1) is 0 Å². The molecule has 0 amide bonds. The second-order valence-corrected chi connectivity index (χ2v) is 6.37. The van der Waals surface area contributed by atoms with Gasteiger partial charge in [-0.3, -0.25) is 0 Å². The predicted molar refractivity (Wildman–Crippen MR) is 67.3 cm³/mol. The van der Waals surface area contributed by atoms with Crippen LogP contribution in [0.3, 0.4) is 0 Å². The van der Waals surface area contributed by atoms with E-state index in [4.69, 9.17) is 16.6 Å². The molecule has 1 N–H and O–H groups in total. The minimum atomic E-state index is 0.373. The molecule has 0 aliphatic heterocycles. The van der Waals surface area contributed by atoms with Crippen LogP contribution in [0.15, 0.2) is 18.2 Å². The lowest BCUT2D eigenvalue weighted by Gasteiger charge is -1.94. The summed E-state index contributed by atoms with van der Waals surface area (Å²) in [6.07, 6.45) is 2.51. The van der Waals surface area contributed by atoms with Crippen LogP contribution >= 0.6 is 22.9 Å². The van der Waals surface area contributed by atoms with Crippen molar-refractivity contribution in [2.75, 3.05) is 7.05 Å². The molecule has 0 radical (unpaired) electrons. The van der Waals surface area contributed by atoms with Gasteiger partial charge in [0, 0.05) is 16.0 Å². The van der Waals surface area contributed by atoms with Crippen LogP contribution in [-0.2, 0) is 5.41 Å². The van der Waals surface area contributed by atoms with Crippen molar-refractivity contribution in [1.29, 1.82) is 0 Å². The van der Waals surface area contributed by atoms with Crippen molar-refractivity contribution < 1.29 is 0 Å². The lowest BCUT2D eigenvalue weighted by molar-refractivity contribution is 0.661. The van der Waals surface area contributed by atoms with E-state index in [1.165, 1.54) is 22.5 Å². The van der Waals surface area contributed by atoms with Crippen molar-refractivity contribution in [3.05, 3.63) is 28.2 Å². The summed E-state index contributed by atoms with van der Waals surface area (Å²) in [4.78, 5) is 4.74. The summed E-state index contributed by atoms with van der Waals surface area (Å²) >= 11 is 7.79. The van der Waals surface area contributed by atoms with Crippen LogP contribution < -0.4 is 5.32 Å². The van der Waals surface area contributed by atoms with E-state index in [0.717, 1.165) is 10.5 Å². The van der Waals surface area contributed by atoms with Gasteiger partial charge < -0.3 is 5.32 Å². The summed E-state index contributed by atoms with van der Waals surface area (Å²) in [7, 11) is 2.05. The molecule has 0 spiro atoms. The number of nitrogens with zero attached hydrogens (tertiary/aromatic N) is 1. The molecule has 1 aromatic heterocycles. The fourth-order valence-corrected chi connectivity index (χ4v) is 4.29. The maximum atomic E-state index is 5.99. The second kappa shape index (κ2) is 2.61. The zero-order chi connectivity index (χ0) is 11.0. The van der Waals surface area contributed by atoms with Crippen molar-refractivity contribution in [2.45, 2.75) is 23.8 Å². The van der Waals surface area contributed by atoms with Crippen LogP contribution in [0.25, 0.3) is 10.2 Å². The van der Waals surface area contributed by atoms with Gasteiger partial charge in [0.25, 0.3) is 0 Å². The molecular weight excluding hydrogens is 240 g/mol. The van der Waals surface area contributed by atoms with Gasteiger partial charge in [0.1, 0.15) is 5.01 Å². The normalized spacial score (nSPS) is 35.1. The first-order valence-electron chi connectivity index (χ1n) is 5.45. The van der Waals surface area contributed by atoms with Crippen molar-refractivity contribution in [3.63, 3.8) is 0 Å². The Hall–Kier alpha value is -0.640. The minimum Gasteiger partial charge on any atom is -0.313 e. The Morgan fingerprint density at radius 3 is 2.94 bits per heavy atom. The van der Waals surface area contributed by atoms with Crippen molar-refractivity contribution >= 4 is 33.2 Å². The van der Waals surface area contributed by atoms with Gasteiger partial charge in [0.05, 0.1) is 10.2 Å². The van der Waals surface area contributed by atoms with E-state index in [1.54, 1.807) is 11.3 Å². The van der Waals surface area contributed by atoms with Gasteiger partial charge in [-0.05, 0) is 38.1 Å². The summed E-state index contributed by atoms with van der Waals surface area (Å²) in [5.41, 5.74) is 1.85. The maximum absolute atomic E-state index is 5.99. The lowest BCUT2D eigenvalue weighted by Crippen LogP contribution is -2.16. The smallest absolute Gasteiger partial charge is 0.102 e. The summed E-state index contributed by atoms with van der Waals surface area (Å²) in [5, 5.41) is 5.51. The zero-order valence-corrected chi connectivity index (χ0v) is 10.5. The largest absolute Gasteiger partial charge is 0.313 e. The Bertz CT molecular complexity index is 598. The molecule has 2 aromatic rings. The van der Waals surface area contributed by atoms with E-state index in [2.05, 4.69) is 12.4 Å². The first kappa shape index (κ1) is 9.40. The highest BCUT2D eigenvalue weighted by Gasteiger charge is 2.84. The summed E-state index contributed by atoms with van der Waals surface area (Å²) in [6.45, 7) is 0. The van der Waals surface area contributed by atoms with E-state index in [-0.39, 0.29) is 0 Å². The lowest BCUT2D eigenvalue weighted by atomic mass is 10.2. The molecule has 0 unspecified atom stereocenters. The SMILES string of the molecule is CNC12CC1(c1nc3ccc(Cl)cc3s1)C2.